The highest BCUT2D eigenvalue weighted by molar-refractivity contribution is 6.04. The highest BCUT2D eigenvalue weighted by atomic mass is 16.5. The molecule has 0 saturated heterocycles. The Labute approximate surface area is 137 Å². The minimum atomic E-state index is -0.172. The highest BCUT2D eigenvalue weighted by Gasteiger charge is 2.42. The summed E-state index contributed by atoms with van der Waals surface area (Å²) in [6, 6.07) is 17.9. The molecule has 0 radical (unpaired) electrons. The molecule has 2 aromatic rings. The second-order valence-corrected chi connectivity index (χ2v) is 6.73. The van der Waals surface area contributed by atoms with Crippen molar-refractivity contribution in [3.8, 4) is 5.75 Å². The summed E-state index contributed by atoms with van der Waals surface area (Å²) in [7, 11) is 0. The Kier molecular flexibility index (Phi) is 3.90. The van der Waals surface area contributed by atoms with E-state index in [9.17, 15) is 4.79 Å². The number of carbonyl (C=O) groups excluding carboxylic acids is 1. The molecule has 0 N–H and O–H groups in total. The Morgan fingerprint density at radius 3 is 2.30 bits per heavy atom. The Hall–Kier alpha value is -2.09. The molecule has 2 aliphatic rings. The first-order chi connectivity index (χ1) is 11.3. The number of carbonyl (C=O) groups is 1. The van der Waals surface area contributed by atoms with Crippen molar-refractivity contribution in [1.29, 1.82) is 0 Å². The minimum Gasteiger partial charge on any atom is -0.488 e. The maximum atomic E-state index is 13.2. The van der Waals surface area contributed by atoms with Gasteiger partial charge < -0.3 is 4.74 Å². The van der Waals surface area contributed by atoms with Gasteiger partial charge >= 0.3 is 0 Å². The van der Waals surface area contributed by atoms with Gasteiger partial charge in [-0.25, -0.2) is 0 Å². The van der Waals surface area contributed by atoms with E-state index in [0.717, 1.165) is 16.9 Å². The Morgan fingerprint density at radius 1 is 0.826 bits per heavy atom. The third-order valence-corrected chi connectivity index (χ3v) is 5.30. The van der Waals surface area contributed by atoms with Crippen LogP contribution < -0.4 is 4.74 Å². The first-order valence-corrected chi connectivity index (χ1v) is 8.69. The van der Waals surface area contributed by atoms with E-state index in [4.69, 9.17) is 4.74 Å². The molecule has 1 heterocycles. The second kappa shape index (κ2) is 6.19. The van der Waals surface area contributed by atoms with Crippen LogP contribution in [-0.4, -0.2) is 11.9 Å². The van der Waals surface area contributed by atoms with Crippen LogP contribution in [0.4, 0.5) is 0 Å². The molecular weight excluding hydrogens is 284 g/mol. The fourth-order valence-electron chi connectivity index (χ4n) is 4.14. The molecule has 0 spiro atoms. The topological polar surface area (TPSA) is 26.3 Å². The van der Waals surface area contributed by atoms with Crippen LogP contribution in [0.3, 0.4) is 0 Å². The van der Waals surface area contributed by atoms with E-state index in [-0.39, 0.29) is 17.8 Å². The van der Waals surface area contributed by atoms with Gasteiger partial charge in [0.25, 0.3) is 0 Å². The molecule has 1 aliphatic carbocycles. The number of benzene rings is 2. The Bertz CT molecular complexity index is 686. The van der Waals surface area contributed by atoms with Gasteiger partial charge in [-0.3, -0.25) is 4.79 Å². The zero-order valence-electron chi connectivity index (χ0n) is 13.3. The van der Waals surface area contributed by atoms with Crippen LogP contribution in [0, 0.1) is 5.92 Å². The molecule has 1 saturated carbocycles. The average molecular weight is 306 g/mol. The summed E-state index contributed by atoms with van der Waals surface area (Å²) in [6.45, 7) is 0. The van der Waals surface area contributed by atoms with Gasteiger partial charge in [-0.1, -0.05) is 61.7 Å². The van der Waals surface area contributed by atoms with Gasteiger partial charge in [0, 0.05) is 0 Å². The van der Waals surface area contributed by atoms with Crippen LogP contribution in [0.25, 0.3) is 0 Å². The maximum Gasteiger partial charge on any atom is 0.177 e. The van der Waals surface area contributed by atoms with Crippen molar-refractivity contribution in [2.45, 2.75) is 44.1 Å². The molecule has 23 heavy (non-hydrogen) atoms. The zero-order chi connectivity index (χ0) is 15.6. The predicted molar refractivity (Wildman–Crippen MR) is 90.9 cm³/mol. The lowest BCUT2D eigenvalue weighted by Gasteiger charge is -2.39. The van der Waals surface area contributed by atoms with Gasteiger partial charge in [0.05, 0.1) is 11.5 Å². The molecular formula is C21H22O2. The van der Waals surface area contributed by atoms with E-state index in [0.29, 0.717) is 5.92 Å². The fraction of sp³-hybridized carbons (Fsp3) is 0.381. The van der Waals surface area contributed by atoms with Crippen LogP contribution in [0.2, 0.25) is 0 Å². The molecule has 2 unspecified atom stereocenters. The number of para-hydroxylation sites is 1. The molecule has 2 nitrogen and oxygen atoms in total. The van der Waals surface area contributed by atoms with E-state index in [2.05, 4.69) is 12.1 Å². The summed E-state index contributed by atoms with van der Waals surface area (Å²) in [6.07, 6.45) is 6.13. The van der Waals surface area contributed by atoms with Crippen molar-refractivity contribution < 1.29 is 9.53 Å². The number of ketones is 1. The normalized spacial score (nSPS) is 24.8. The highest BCUT2D eigenvalue weighted by Crippen LogP contribution is 2.42. The van der Waals surface area contributed by atoms with Crippen molar-refractivity contribution in [1.82, 2.24) is 0 Å². The smallest absolute Gasteiger partial charge is 0.177 e. The number of hydrogen-bond donors (Lipinski definition) is 0. The summed E-state index contributed by atoms with van der Waals surface area (Å²) in [5, 5.41) is 0. The first-order valence-electron chi connectivity index (χ1n) is 8.69. The van der Waals surface area contributed by atoms with Crippen molar-refractivity contribution in [3.63, 3.8) is 0 Å². The largest absolute Gasteiger partial charge is 0.488 e. The number of hydrogen-bond acceptors (Lipinski definition) is 2. The molecule has 0 bridgehead atoms. The lowest BCUT2D eigenvalue weighted by atomic mass is 9.74. The monoisotopic (exact) mass is 306 g/mol. The summed E-state index contributed by atoms with van der Waals surface area (Å²) in [5.41, 5.74) is 1.82. The lowest BCUT2D eigenvalue weighted by molar-refractivity contribution is 0.0541. The van der Waals surface area contributed by atoms with E-state index in [1.807, 2.05) is 42.5 Å². The van der Waals surface area contributed by atoms with Gasteiger partial charge in [-0.15, -0.1) is 0 Å². The van der Waals surface area contributed by atoms with E-state index in [1.54, 1.807) is 0 Å². The molecule has 2 aromatic carbocycles. The van der Waals surface area contributed by atoms with Crippen LogP contribution in [0.15, 0.2) is 54.6 Å². The molecule has 1 fully saturated rings. The number of Topliss-reactive ketones (excluding diaryl/α,β-unsaturated/α-hetero) is 1. The van der Waals surface area contributed by atoms with Gasteiger partial charge in [0.2, 0.25) is 0 Å². The van der Waals surface area contributed by atoms with Crippen molar-refractivity contribution in [2.75, 3.05) is 0 Å². The van der Waals surface area contributed by atoms with E-state index >= 15 is 0 Å². The third kappa shape index (κ3) is 2.67. The van der Waals surface area contributed by atoms with Crippen LogP contribution in [0.1, 0.15) is 53.9 Å². The SMILES string of the molecule is O=C1c2ccccc2OC(C2CCCCC2)C1c1ccccc1. The molecule has 1 aliphatic heterocycles. The summed E-state index contributed by atoms with van der Waals surface area (Å²) >= 11 is 0. The fourth-order valence-corrected chi connectivity index (χ4v) is 4.14. The average Bonchev–Trinajstić information content (AvgIpc) is 2.63. The zero-order valence-corrected chi connectivity index (χ0v) is 13.3. The van der Waals surface area contributed by atoms with Crippen LogP contribution in [0.5, 0.6) is 5.75 Å². The molecule has 2 heteroatoms. The molecule has 118 valence electrons. The first kappa shape index (κ1) is 14.5. The van der Waals surface area contributed by atoms with Crippen LogP contribution >= 0.6 is 0 Å². The maximum absolute atomic E-state index is 13.2. The van der Waals surface area contributed by atoms with Crippen molar-refractivity contribution in [2.24, 2.45) is 5.92 Å². The minimum absolute atomic E-state index is 0.0277. The molecule has 0 aromatic heterocycles. The molecule has 4 rings (SSSR count). The Morgan fingerprint density at radius 2 is 1.52 bits per heavy atom. The van der Waals surface area contributed by atoms with Gasteiger partial charge in [0.15, 0.2) is 5.78 Å². The lowest BCUT2D eigenvalue weighted by Crippen LogP contribution is -2.42. The van der Waals surface area contributed by atoms with Gasteiger partial charge in [0.1, 0.15) is 11.9 Å². The Balaban J connectivity index is 1.76. The number of fused-ring (bicyclic) bond motifs is 1. The summed E-state index contributed by atoms with van der Waals surface area (Å²) in [5.74, 6) is 1.29. The van der Waals surface area contributed by atoms with Crippen LogP contribution in [-0.2, 0) is 0 Å². The number of ether oxygens (including phenoxy) is 1. The quantitative estimate of drug-likeness (QED) is 0.781. The van der Waals surface area contributed by atoms with E-state index < -0.39 is 0 Å². The predicted octanol–water partition coefficient (Wildman–Crippen LogP) is 4.99. The van der Waals surface area contributed by atoms with Gasteiger partial charge in [-0.05, 0) is 36.5 Å². The third-order valence-electron chi connectivity index (χ3n) is 5.30. The summed E-state index contributed by atoms with van der Waals surface area (Å²) < 4.78 is 6.39. The second-order valence-electron chi connectivity index (χ2n) is 6.73. The molecule has 2 atom stereocenters. The van der Waals surface area contributed by atoms with Gasteiger partial charge in [-0.2, -0.15) is 0 Å². The summed E-state index contributed by atoms with van der Waals surface area (Å²) in [4.78, 5) is 13.2. The van der Waals surface area contributed by atoms with Crippen molar-refractivity contribution in [3.05, 3.63) is 65.7 Å². The number of rotatable bonds is 2. The van der Waals surface area contributed by atoms with Crippen molar-refractivity contribution >= 4 is 5.78 Å². The molecule has 0 amide bonds. The standard InChI is InChI=1S/C21H22O2/c22-20-17-13-7-8-14-18(17)23-21(16-11-5-2-6-12-16)19(20)15-9-3-1-4-10-15/h1,3-4,7-10,13-14,16,19,21H,2,5-6,11-12H2. The van der Waals surface area contributed by atoms with E-state index in [1.165, 1.54) is 32.1 Å².